The largest absolute Gasteiger partial charge is 0.399 e. The molecule has 0 aliphatic heterocycles. The third kappa shape index (κ3) is 5.07. The molecule has 0 aromatic heterocycles. The molecule has 25 heavy (non-hydrogen) atoms. The average molecular weight is 340 g/mol. The number of nitrogens with zero attached hydrogens (tertiary/aromatic N) is 2. The maximum Gasteiger partial charge on any atom is 0.269 e. The topological polar surface area (TPSA) is 83.0 Å². The highest BCUT2D eigenvalue weighted by Gasteiger charge is 2.10. The Bertz CT molecular complexity index is 770. The first-order chi connectivity index (χ1) is 12.0. The summed E-state index contributed by atoms with van der Waals surface area (Å²) in [4.78, 5) is 30.7. The van der Waals surface area contributed by atoms with Gasteiger partial charge in [-0.15, -0.1) is 0 Å². The number of carbonyl (C=O) groups excluding carboxylic acids is 2. The minimum absolute atomic E-state index is 0.388. The van der Waals surface area contributed by atoms with Gasteiger partial charge in [-0.05, 0) is 35.9 Å². The molecule has 0 bridgehead atoms. The molecular weight excluding hydrogens is 320 g/mol. The van der Waals surface area contributed by atoms with Crippen molar-refractivity contribution in [2.45, 2.75) is 0 Å². The van der Waals surface area contributed by atoms with Gasteiger partial charge in [0.1, 0.15) is 7.11 Å². The summed E-state index contributed by atoms with van der Waals surface area (Å²) in [5.41, 5.74) is 7.37. The number of amides is 2. The molecule has 0 radical (unpaired) electrons. The van der Waals surface area contributed by atoms with Gasteiger partial charge in [0, 0.05) is 30.9 Å². The molecule has 0 saturated heterocycles. The summed E-state index contributed by atoms with van der Waals surface area (Å²) < 4.78 is 0. The van der Waals surface area contributed by atoms with Gasteiger partial charge in [0.05, 0.1) is 6.21 Å². The van der Waals surface area contributed by atoms with Crippen molar-refractivity contribution in [1.29, 1.82) is 0 Å². The van der Waals surface area contributed by atoms with Crippen LogP contribution in [0.25, 0.3) is 0 Å². The molecule has 130 valence electrons. The number of anilines is 1. The Balaban J connectivity index is 1.96. The van der Waals surface area contributed by atoms with E-state index in [1.54, 1.807) is 42.5 Å². The predicted molar refractivity (Wildman–Crippen MR) is 96.7 cm³/mol. The molecule has 0 aliphatic carbocycles. The molecule has 0 spiro atoms. The zero-order valence-corrected chi connectivity index (χ0v) is 14.3. The van der Waals surface area contributed by atoms with E-state index in [1.165, 1.54) is 13.3 Å². The summed E-state index contributed by atoms with van der Waals surface area (Å²) in [6, 6.07) is 13.8. The van der Waals surface area contributed by atoms with Crippen molar-refractivity contribution in [3.05, 3.63) is 65.2 Å². The van der Waals surface area contributed by atoms with Crippen molar-refractivity contribution in [1.82, 2.24) is 10.9 Å². The summed E-state index contributed by atoms with van der Waals surface area (Å²) in [5.74, 6) is -0.798. The van der Waals surface area contributed by atoms with E-state index in [0.717, 1.165) is 11.3 Å². The van der Waals surface area contributed by atoms with E-state index in [4.69, 9.17) is 0 Å². The Morgan fingerprint density at radius 3 is 2.24 bits per heavy atom. The Kier molecular flexibility index (Phi) is 6.11. The van der Waals surface area contributed by atoms with Crippen LogP contribution in [0.5, 0.6) is 0 Å². The maximum absolute atomic E-state index is 12.2. The molecule has 0 aliphatic rings. The van der Waals surface area contributed by atoms with Crippen molar-refractivity contribution in [2.24, 2.45) is 5.16 Å². The first-order valence-corrected chi connectivity index (χ1v) is 7.56. The van der Waals surface area contributed by atoms with Gasteiger partial charge < -0.3 is 9.74 Å². The molecule has 2 aromatic carbocycles. The van der Waals surface area contributed by atoms with Crippen molar-refractivity contribution < 1.29 is 14.4 Å². The zero-order chi connectivity index (χ0) is 18.2. The highest BCUT2D eigenvalue weighted by Crippen LogP contribution is 2.13. The van der Waals surface area contributed by atoms with Crippen molar-refractivity contribution in [3.63, 3.8) is 0 Å². The number of carbonyl (C=O) groups is 2. The van der Waals surface area contributed by atoms with Crippen LogP contribution in [-0.2, 0) is 4.84 Å². The quantitative estimate of drug-likeness (QED) is 0.642. The minimum atomic E-state index is -0.410. The van der Waals surface area contributed by atoms with Crippen LogP contribution in [0.1, 0.15) is 26.3 Å². The van der Waals surface area contributed by atoms with Crippen LogP contribution in [0.2, 0.25) is 0 Å². The molecule has 0 heterocycles. The third-order valence-electron chi connectivity index (χ3n) is 3.39. The van der Waals surface area contributed by atoms with E-state index in [9.17, 15) is 9.59 Å². The lowest BCUT2D eigenvalue weighted by Gasteiger charge is -2.13. The van der Waals surface area contributed by atoms with Gasteiger partial charge in [-0.3, -0.25) is 20.4 Å². The van der Waals surface area contributed by atoms with Crippen LogP contribution < -0.4 is 15.8 Å². The summed E-state index contributed by atoms with van der Waals surface area (Å²) in [5, 5.41) is 3.64. The number of oxime groups is 1. The second-order valence-electron chi connectivity index (χ2n) is 5.39. The SMILES string of the molecule is CO/N=C/c1ccc(C(=O)NNC(=O)c2cccc(N(C)C)c2)cc1. The van der Waals surface area contributed by atoms with Crippen LogP contribution in [0.4, 0.5) is 5.69 Å². The Morgan fingerprint density at radius 2 is 1.64 bits per heavy atom. The third-order valence-corrected chi connectivity index (χ3v) is 3.39. The second-order valence-corrected chi connectivity index (χ2v) is 5.39. The summed E-state index contributed by atoms with van der Waals surface area (Å²) in [7, 11) is 5.23. The molecule has 2 rings (SSSR count). The van der Waals surface area contributed by atoms with Gasteiger partial charge in [-0.25, -0.2) is 0 Å². The van der Waals surface area contributed by atoms with E-state index in [1.807, 2.05) is 25.1 Å². The Labute approximate surface area is 146 Å². The minimum Gasteiger partial charge on any atom is -0.399 e. The molecule has 2 aromatic rings. The van der Waals surface area contributed by atoms with Crippen molar-refractivity contribution in [3.8, 4) is 0 Å². The van der Waals surface area contributed by atoms with Crippen LogP contribution in [0.3, 0.4) is 0 Å². The van der Waals surface area contributed by atoms with Gasteiger partial charge in [0.25, 0.3) is 11.8 Å². The van der Waals surface area contributed by atoms with Gasteiger partial charge in [-0.1, -0.05) is 23.4 Å². The second kappa shape index (κ2) is 8.49. The highest BCUT2D eigenvalue weighted by atomic mass is 16.6. The fourth-order valence-electron chi connectivity index (χ4n) is 2.02. The van der Waals surface area contributed by atoms with Gasteiger partial charge in [-0.2, -0.15) is 0 Å². The first-order valence-electron chi connectivity index (χ1n) is 7.56. The Morgan fingerprint density at radius 1 is 1.00 bits per heavy atom. The Hall–Kier alpha value is -3.35. The fourth-order valence-corrected chi connectivity index (χ4v) is 2.02. The number of nitrogens with one attached hydrogen (secondary N) is 2. The van der Waals surface area contributed by atoms with Gasteiger partial charge in [0.15, 0.2) is 0 Å². The maximum atomic E-state index is 12.2. The van der Waals surface area contributed by atoms with Gasteiger partial charge >= 0.3 is 0 Å². The molecule has 7 nitrogen and oxygen atoms in total. The van der Waals surface area contributed by atoms with Crippen LogP contribution in [0.15, 0.2) is 53.7 Å². The van der Waals surface area contributed by atoms with E-state index in [0.29, 0.717) is 11.1 Å². The number of benzene rings is 2. The van der Waals surface area contributed by atoms with Crippen molar-refractivity contribution in [2.75, 3.05) is 26.1 Å². The summed E-state index contributed by atoms with van der Waals surface area (Å²) >= 11 is 0. The highest BCUT2D eigenvalue weighted by molar-refractivity contribution is 5.99. The molecule has 0 fully saturated rings. The van der Waals surface area contributed by atoms with E-state index in [2.05, 4.69) is 20.8 Å². The molecule has 0 saturated carbocycles. The lowest BCUT2D eigenvalue weighted by atomic mass is 10.1. The number of hydrogen-bond acceptors (Lipinski definition) is 5. The van der Waals surface area contributed by atoms with E-state index in [-0.39, 0.29) is 5.91 Å². The van der Waals surface area contributed by atoms with Crippen LogP contribution in [0, 0.1) is 0 Å². The van der Waals surface area contributed by atoms with Crippen LogP contribution >= 0.6 is 0 Å². The van der Waals surface area contributed by atoms with Crippen molar-refractivity contribution >= 4 is 23.7 Å². The van der Waals surface area contributed by atoms with Crippen LogP contribution in [-0.4, -0.2) is 39.2 Å². The predicted octanol–water partition coefficient (Wildman–Crippen LogP) is 1.81. The molecule has 2 N–H and O–H groups in total. The summed E-state index contributed by atoms with van der Waals surface area (Å²) in [6.45, 7) is 0. The first kappa shape index (κ1) is 18.0. The summed E-state index contributed by atoms with van der Waals surface area (Å²) in [6.07, 6.45) is 1.53. The normalized spacial score (nSPS) is 10.4. The number of hydrogen-bond donors (Lipinski definition) is 2. The molecule has 7 heteroatoms. The number of hydrazine groups is 1. The standard InChI is InChI=1S/C18H20N4O3/c1-22(2)16-6-4-5-15(11-16)18(24)21-20-17(23)14-9-7-13(8-10-14)12-19-25-3/h4-12H,1-3H3,(H,20,23)(H,21,24)/b19-12+. The molecule has 0 atom stereocenters. The molecular formula is C18H20N4O3. The number of rotatable bonds is 5. The van der Waals surface area contributed by atoms with Gasteiger partial charge in [0.2, 0.25) is 0 Å². The lowest BCUT2D eigenvalue weighted by molar-refractivity contribution is 0.0846. The zero-order valence-electron chi connectivity index (χ0n) is 14.3. The molecule has 0 unspecified atom stereocenters. The van der Waals surface area contributed by atoms with E-state index >= 15 is 0 Å². The smallest absolute Gasteiger partial charge is 0.269 e. The molecule has 2 amide bonds. The van der Waals surface area contributed by atoms with E-state index < -0.39 is 5.91 Å². The monoisotopic (exact) mass is 340 g/mol. The fraction of sp³-hybridized carbons (Fsp3) is 0.167. The lowest BCUT2D eigenvalue weighted by Crippen LogP contribution is -2.41. The average Bonchev–Trinajstić information content (AvgIpc) is 2.64.